The van der Waals surface area contributed by atoms with E-state index in [0.29, 0.717) is 24.6 Å². The van der Waals surface area contributed by atoms with E-state index in [1.807, 2.05) is 50.4 Å². The molecule has 0 aromatic carbocycles. The van der Waals surface area contributed by atoms with Gasteiger partial charge in [-0.15, -0.1) is 0 Å². The van der Waals surface area contributed by atoms with Gasteiger partial charge in [0.15, 0.2) is 0 Å². The predicted molar refractivity (Wildman–Crippen MR) is 96.7 cm³/mol. The van der Waals surface area contributed by atoms with Crippen molar-refractivity contribution >= 4 is 5.91 Å². The number of hydrogen-bond acceptors (Lipinski definition) is 5. The maximum Gasteiger partial charge on any atom is 0.224 e. The third-order valence-electron chi connectivity index (χ3n) is 3.88. The summed E-state index contributed by atoms with van der Waals surface area (Å²) in [6.45, 7) is 4.21. The van der Waals surface area contributed by atoms with Gasteiger partial charge in [0.2, 0.25) is 11.8 Å². The van der Waals surface area contributed by atoms with Gasteiger partial charge in [-0.1, -0.05) is 6.07 Å². The van der Waals surface area contributed by atoms with E-state index < -0.39 is 0 Å². The molecule has 3 aromatic rings. The topological polar surface area (TPSA) is 81.9 Å². The molecule has 0 aliphatic carbocycles. The average Bonchev–Trinajstić information content (AvgIpc) is 3.18. The molecule has 7 heteroatoms. The van der Waals surface area contributed by atoms with Gasteiger partial charge in [-0.25, -0.2) is 4.98 Å². The minimum atomic E-state index is -0.0557. The van der Waals surface area contributed by atoms with Crippen molar-refractivity contribution in [2.45, 2.75) is 32.9 Å². The first-order valence-electron chi connectivity index (χ1n) is 8.42. The van der Waals surface area contributed by atoms with Crippen molar-refractivity contribution < 1.29 is 9.53 Å². The van der Waals surface area contributed by atoms with Crippen LogP contribution in [0.15, 0.2) is 55.1 Å². The van der Waals surface area contributed by atoms with Crippen LogP contribution in [0.2, 0.25) is 0 Å². The predicted octanol–water partition coefficient (Wildman–Crippen LogP) is 3.04. The number of carbonyl (C=O) groups excluding carboxylic acids is 1. The summed E-state index contributed by atoms with van der Waals surface area (Å²) in [6, 6.07) is 9.23. The van der Waals surface area contributed by atoms with Gasteiger partial charge in [0.1, 0.15) is 5.75 Å². The molecule has 3 aromatic heterocycles. The zero-order valence-electron chi connectivity index (χ0n) is 14.8. The summed E-state index contributed by atoms with van der Waals surface area (Å²) in [7, 11) is 0. The second-order valence-corrected chi connectivity index (χ2v) is 6.02. The summed E-state index contributed by atoms with van der Waals surface area (Å²) in [4.78, 5) is 20.7. The molecule has 0 aliphatic rings. The molecule has 1 amide bonds. The highest BCUT2D eigenvalue weighted by atomic mass is 16.5. The van der Waals surface area contributed by atoms with Crippen molar-refractivity contribution in [2.75, 3.05) is 0 Å². The second kappa shape index (κ2) is 8.24. The SMILES string of the molecule is Cc1ccc(Oc2ncccc2CNC(=O)C[C@H](C)n2cccn2)cn1. The maximum absolute atomic E-state index is 12.2. The van der Waals surface area contributed by atoms with Crippen molar-refractivity contribution in [3.63, 3.8) is 0 Å². The summed E-state index contributed by atoms with van der Waals surface area (Å²) in [6.07, 6.45) is 7.20. The van der Waals surface area contributed by atoms with E-state index in [-0.39, 0.29) is 11.9 Å². The molecule has 0 saturated carbocycles. The van der Waals surface area contributed by atoms with Crippen LogP contribution in [-0.2, 0) is 11.3 Å². The number of ether oxygens (including phenoxy) is 1. The molecule has 0 saturated heterocycles. The lowest BCUT2D eigenvalue weighted by Crippen LogP contribution is -2.25. The standard InChI is InChI=1S/C19H21N5O2/c1-14-6-7-17(13-21-14)26-19-16(5-3-8-20-19)12-22-18(25)11-15(2)24-10-4-9-23-24/h3-10,13,15H,11-12H2,1-2H3,(H,22,25)/t15-/m0/s1. The maximum atomic E-state index is 12.2. The molecule has 0 bridgehead atoms. The number of rotatable bonds is 7. The monoisotopic (exact) mass is 351 g/mol. The third-order valence-corrected chi connectivity index (χ3v) is 3.88. The summed E-state index contributed by atoms with van der Waals surface area (Å²) in [5, 5.41) is 7.07. The first-order chi connectivity index (χ1) is 12.6. The molecule has 0 aliphatic heterocycles. The van der Waals surface area contributed by atoms with Gasteiger partial charge in [-0.2, -0.15) is 5.10 Å². The van der Waals surface area contributed by atoms with E-state index in [0.717, 1.165) is 11.3 Å². The van der Waals surface area contributed by atoms with E-state index in [9.17, 15) is 4.79 Å². The van der Waals surface area contributed by atoms with Crippen molar-refractivity contribution in [2.24, 2.45) is 0 Å². The van der Waals surface area contributed by atoms with Crippen molar-refractivity contribution in [1.82, 2.24) is 25.1 Å². The number of hydrogen-bond donors (Lipinski definition) is 1. The number of aromatic nitrogens is 4. The van der Waals surface area contributed by atoms with Crippen molar-refractivity contribution in [1.29, 1.82) is 0 Å². The highest BCUT2D eigenvalue weighted by Gasteiger charge is 2.12. The Kier molecular flexibility index (Phi) is 5.58. The Morgan fingerprint density at radius 1 is 1.23 bits per heavy atom. The Morgan fingerprint density at radius 2 is 2.12 bits per heavy atom. The van der Waals surface area contributed by atoms with E-state index in [1.165, 1.54) is 0 Å². The number of aryl methyl sites for hydroxylation is 1. The van der Waals surface area contributed by atoms with Crippen LogP contribution in [0, 0.1) is 6.92 Å². The quantitative estimate of drug-likeness (QED) is 0.707. The Morgan fingerprint density at radius 3 is 2.85 bits per heavy atom. The molecule has 0 unspecified atom stereocenters. The van der Waals surface area contributed by atoms with Crippen LogP contribution in [-0.4, -0.2) is 25.7 Å². The smallest absolute Gasteiger partial charge is 0.224 e. The second-order valence-electron chi connectivity index (χ2n) is 6.02. The average molecular weight is 351 g/mol. The van der Waals surface area contributed by atoms with Crippen LogP contribution < -0.4 is 10.1 Å². The van der Waals surface area contributed by atoms with Gasteiger partial charge >= 0.3 is 0 Å². The molecule has 3 rings (SSSR count). The van der Waals surface area contributed by atoms with Gasteiger partial charge in [0, 0.05) is 42.8 Å². The fourth-order valence-electron chi connectivity index (χ4n) is 2.45. The summed E-state index contributed by atoms with van der Waals surface area (Å²) in [5.41, 5.74) is 1.71. The highest BCUT2D eigenvalue weighted by molar-refractivity contribution is 5.76. The number of pyridine rings is 2. The molecule has 0 radical (unpaired) electrons. The van der Waals surface area contributed by atoms with Crippen molar-refractivity contribution in [3.8, 4) is 11.6 Å². The Labute approximate surface area is 152 Å². The van der Waals surface area contributed by atoms with Crippen LogP contribution in [0.4, 0.5) is 0 Å². The molecule has 134 valence electrons. The molecule has 0 spiro atoms. The number of nitrogens with zero attached hydrogens (tertiary/aromatic N) is 4. The normalized spacial score (nSPS) is 11.8. The van der Waals surface area contributed by atoms with E-state index in [2.05, 4.69) is 20.4 Å². The number of amides is 1. The molecule has 7 nitrogen and oxygen atoms in total. The van der Waals surface area contributed by atoms with Gasteiger partial charge < -0.3 is 10.1 Å². The number of carbonyl (C=O) groups is 1. The van der Waals surface area contributed by atoms with Gasteiger partial charge in [0.05, 0.1) is 12.2 Å². The molecular formula is C19H21N5O2. The van der Waals surface area contributed by atoms with E-state index in [1.54, 1.807) is 23.3 Å². The van der Waals surface area contributed by atoms with Crippen LogP contribution >= 0.6 is 0 Å². The van der Waals surface area contributed by atoms with Gasteiger partial charge in [0.25, 0.3) is 0 Å². The molecule has 26 heavy (non-hydrogen) atoms. The van der Waals surface area contributed by atoms with Crippen LogP contribution in [0.3, 0.4) is 0 Å². The van der Waals surface area contributed by atoms with Gasteiger partial charge in [-0.05, 0) is 38.1 Å². The zero-order valence-corrected chi connectivity index (χ0v) is 14.8. The molecular weight excluding hydrogens is 330 g/mol. The van der Waals surface area contributed by atoms with Crippen LogP contribution in [0.25, 0.3) is 0 Å². The molecule has 0 fully saturated rings. The first-order valence-corrected chi connectivity index (χ1v) is 8.42. The lowest BCUT2D eigenvalue weighted by Gasteiger charge is -2.13. The van der Waals surface area contributed by atoms with Crippen LogP contribution in [0.1, 0.15) is 30.6 Å². The largest absolute Gasteiger partial charge is 0.437 e. The Balaban J connectivity index is 1.59. The van der Waals surface area contributed by atoms with E-state index in [4.69, 9.17) is 4.74 Å². The Bertz CT molecular complexity index is 847. The zero-order chi connectivity index (χ0) is 18.4. The lowest BCUT2D eigenvalue weighted by atomic mass is 10.2. The highest BCUT2D eigenvalue weighted by Crippen LogP contribution is 2.22. The molecule has 1 N–H and O–H groups in total. The van der Waals surface area contributed by atoms with Crippen LogP contribution in [0.5, 0.6) is 11.6 Å². The Hall–Kier alpha value is -3.22. The molecule has 1 atom stereocenters. The van der Waals surface area contributed by atoms with E-state index >= 15 is 0 Å². The summed E-state index contributed by atoms with van der Waals surface area (Å²) >= 11 is 0. The molecule has 3 heterocycles. The summed E-state index contributed by atoms with van der Waals surface area (Å²) in [5.74, 6) is 1.01. The van der Waals surface area contributed by atoms with Gasteiger partial charge in [-0.3, -0.25) is 14.5 Å². The fourth-order valence-corrected chi connectivity index (χ4v) is 2.45. The minimum absolute atomic E-state index is 0.00625. The third kappa shape index (κ3) is 4.66. The lowest BCUT2D eigenvalue weighted by molar-refractivity contribution is -0.122. The van der Waals surface area contributed by atoms with Crippen molar-refractivity contribution in [3.05, 3.63) is 66.4 Å². The minimum Gasteiger partial charge on any atom is -0.437 e. The fraction of sp³-hybridized carbons (Fsp3) is 0.263. The summed E-state index contributed by atoms with van der Waals surface area (Å²) < 4.78 is 7.56. The number of nitrogens with one attached hydrogen (secondary N) is 1. The first kappa shape index (κ1) is 17.6.